The molecule has 0 bridgehead atoms. The first-order valence-corrected chi connectivity index (χ1v) is 6.89. The zero-order valence-electron chi connectivity index (χ0n) is 12.2. The summed E-state index contributed by atoms with van der Waals surface area (Å²) in [6.45, 7) is 3.68. The Hall–Kier alpha value is -1.63. The van der Waals surface area contributed by atoms with Crippen LogP contribution in [0.5, 0.6) is 0 Å². The van der Waals surface area contributed by atoms with Crippen molar-refractivity contribution in [2.45, 2.75) is 38.3 Å². The summed E-state index contributed by atoms with van der Waals surface area (Å²) in [6, 6.07) is 8.60. The van der Waals surface area contributed by atoms with Crippen molar-refractivity contribution in [3.63, 3.8) is 0 Å². The minimum Gasteiger partial charge on any atom is -0.465 e. The molecule has 0 saturated carbocycles. The lowest BCUT2D eigenvalue weighted by atomic mass is 10.1. The van der Waals surface area contributed by atoms with E-state index in [4.69, 9.17) is 9.47 Å². The van der Waals surface area contributed by atoms with E-state index in [1.165, 1.54) is 4.90 Å². The van der Waals surface area contributed by atoms with Gasteiger partial charge in [-0.15, -0.1) is 0 Å². The van der Waals surface area contributed by atoms with Gasteiger partial charge in [-0.25, -0.2) is 4.79 Å². The van der Waals surface area contributed by atoms with Crippen molar-refractivity contribution in [1.29, 1.82) is 0 Å². The van der Waals surface area contributed by atoms with Gasteiger partial charge in [-0.2, -0.15) is 0 Å². The molecule has 0 aromatic heterocycles. The molecule has 1 saturated heterocycles. The smallest absolute Gasteiger partial charge is 0.408 e. The zero-order chi connectivity index (χ0) is 15.5. The molecule has 116 valence electrons. The van der Waals surface area contributed by atoms with Crippen LogP contribution in [0.1, 0.15) is 19.4 Å². The highest BCUT2D eigenvalue weighted by molar-refractivity contribution is 5.65. The maximum atomic E-state index is 11.5. The molecule has 1 aliphatic rings. The van der Waals surface area contributed by atoms with Gasteiger partial charge < -0.3 is 19.7 Å². The summed E-state index contributed by atoms with van der Waals surface area (Å²) in [6.07, 6.45) is -1.57. The van der Waals surface area contributed by atoms with Gasteiger partial charge >= 0.3 is 6.09 Å². The lowest BCUT2D eigenvalue weighted by Gasteiger charge is -2.32. The number of aliphatic hydroxyl groups is 1. The number of amides is 1. The summed E-state index contributed by atoms with van der Waals surface area (Å²) in [7, 11) is 0. The highest BCUT2D eigenvalue weighted by Gasteiger charge is 2.40. The second-order valence-corrected chi connectivity index (χ2v) is 5.51. The third-order valence-corrected chi connectivity index (χ3v) is 3.49. The number of benzene rings is 1. The number of nitrogens with zero attached hydrogens (tertiary/aromatic N) is 1. The van der Waals surface area contributed by atoms with Crippen molar-refractivity contribution >= 4 is 6.09 Å². The molecular formula is C15H21NO5. The van der Waals surface area contributed by atoms with E-state index in [0.717, 1.165) is 5.56 Å². The maximum absolute atomic E-state index is 11.5. The summed E-state index contributed by atoms with van der Waals surface area (Å²) in [5.74, 6) is -0.755. The third kappa shape index (κ3) is 3.93. The molecule has 1 fully saturated rings. The van der Waals surface area contributed by atoms with Crippen molar-refractivity contribution in [3.05, 3.63) is 35.9 Å². The molecule has 1 amide bonds. The van der Waals surface area contributed by atoms with Gasteiger partial charge in [0.2, 0.25) is 0 Å². The first kappa shape index (κ1) is 15.8. The maximum Gasteiger partial charge on any atom is 0.408 e. The van der Waals surface area contributed by atoms with Crippen LogP contribution in [0, 0.1) is 0 Å². The Morgan fingerprint density at radius 1 is 1.43 bits per heavy atom. The Morgan fingerprint density at radius 2 is 2.10 bits per heavy atom. The SMILES string of the molecule is CC1(C)OC[C@H]([C@@H](CO)N(Cc2ccccc2)C(=O)O)O1. The first-order chi connectivity index (χ1) is 9.93. The number of carbonyl (C=O) groups is 1. The summed E-state index contributed by atoms with van der Waals surface area (Å²) >= 11 is 0. The Labute approximate surface area is 123 Å². The van der Waals surface area contributed by atoms with Gasteiger partial charge in [0, 0.05) is 6.54 Å². The van der Waals surface area contributed by atoms with Crippen molar-refractivity contribution in [3.8, 4) is 0 Å². The van der Waals surface area contributed by atoms with Gasteiger partial charge in [-0.3, -0.25) is 4.90 Å². The van der Waals surface area contributed by atoms with Crippen molar-refractivity contribution in [2.75, 3.05) is 13.2 Å². The highest BCUT2D eigenvalue weighted by Crippen LogP contribution is 2.26. The number of aliphatic hydroxyl groups excluding tert-OH is 1. The monoisotopic (exact) mass is 295 g/mol. The van der Waals surface area contributed by atoms with Crippen LogP contribution in [0.4, 0.5) is 4.79 Å². The van der Waals surface area contributed by atoms with Crippen LogP contribution in [0.15, 0.2) is 30.3 Å². The lowest BCUT2D eigenvalue weighted by molar-refractivity contribution is -0.147. The molecule has 21 heavy (non-hydrogen) atoms. The largest absolute Gasteiger partial charge is 0.465 e. The van der Waals surface area contributed by atoms with Gasteiger partial charge in [0.1, 0.15) is 6.10 Å². The first-order valence-electron chi connectivity index (χ1n) is 6.89. The van der Waals surface area contributed by atoms with Crippen LogP contribution in [0.2, 0.25) is 0 Å². The van der Waals surface area contributed by atoms with E-state index in [1.54, 1.807) is 13.8 Å². The van der Waals surface area contributed by atoms with Crippen LogP contribution in [-0.4, -0.2) is 52.4 Å². The minimum atomic E-state index is -1.09. The van der Waals surface area contributed by atoms with Gasteiger partial charge in [-0.1, -0.05) is 30.3 Å². The van der Waals surface area contributed by atoms with Crippen molar-refractivity contribution in [2.24, 2.45) is 0 Å². The molecule has 1 aromatic rings. The Balaban J connectivity index is 2.14. The second kappa shape index (κ2) is 6.43. The topological polar surface area (TPSA) is 79.2 Å². The Morgan fingerprint density at radius 3 is 2.57 bits per heavy atom. The van der Waals surface area contributed by atoms with E-state index < -0.39 is 24.0 Å². The number of carboxylic acid groups (broad SMARTS) is 1. The average Bonchev–Trinajstić information content (AvgIpc) is 2.79. The fourth-order valence-electron chi connectivity index (χ4n) is 2.43. The lowest BCUT2D eigenvalue weighted by Crippen LogP contribution is -2.49. The minimum absolute atomic E-state index is 0.196. The normalized spacial score (nSPS) is 22.0. The standard InChI is InChI=1S/C15H21NO5/c1-15(2)20-10-13(21-15)12(9-17)16(14(18)19)8-11-6-4-3-5-7-11/h3-7,12-13,17H,8-10H2,1-2H3,(H,18,19)/t12-,13-/m1/s1. The predicted octanol–water partition coefficient (Wildman–Crippen LogP) is 1.68. The highest BCUT2D eigenvalue weighted by atomic mass is 16.7. The third-order valence-electron chi connectivity index (χ3n) is 3.49. The fourth-order valence-corrected chi connectivity index (χ4v) is 2.43. The molecule has 6 nitrogen and oxygen atoms in total. The van der Waals surface area contributed by atoms with Crippen LogP contribution in [0.3, 0.4) is 0 Å². The van der Waals surface area contributed by atoms with E-state index >= 15 is 0 Å². The van der Waals surface area contributed by atoms with Crippen LogP contribution >= 0.6 is 0 Å². The Bertz CT molecular complexity index is 476. The average molecular weight is 295 g/mol. The second-order valence-electron chi connectivity index (χ2n) is 5.51. The molecule has 1 heterocycles. The predicted molar refractivity (Wildman–Crippen MR) is 75.8 cm³/mol. The molecule has 0 unspecified atom stereocenters. The van der Waals surface area contributed by atoms with Gasteiger partial charge in [0.25, 0.3) is 0 Å². The fraction of sp³-hybridized carbons (Fsp3) is 0.533. The van der Waals surface area contributed by atoms with Gasteiger partial charge in [-0.05, 0) is 19.4 Å². The number of ether oxygens (including phenoxy) is 2. The van der Waals surface area contributed by atoms with Gasteiger partial charge in [0.05, 0.1) is 19.3 Å². The zero-order valence-corrected chi connectivity index (χ0v) is 12.2. The van der Waals surface area contributed by atoms with E-state index in [2.05, 4.69) is 0 Å². The molecule has 2 atom stereocenters. The summed E-state index contributed by atoms with van der Waals surface area (Å²) in [4.78, 5) is 12.7. The Kier molecular flexibility index (Phi) is 4.82. The molecule has 1 aliphatic heterocycles. The van der Waals surface area contributed by atoms with Gasteiger partial charge in [0.15, 0.2) is 5.79 Å². The van der Waals surface area contributed by atoms with E-state index in [-0.39, 0.29) is 19.8 Å². The molecule has 0 spiro atoms. The molecule has 0 radical (unpaired) electrons. The molecule has 1 aromatic carbocycles. The number of hydrogen-bond donors (Lipinski definition) is 2. The number of hydrogen-bond acceptors (Lipinski definition) is 4. The molecule has 0 aliphatic carbocycles. The molecule has 2 N–H and O–H groups in total. The van der Waals surface area contributed by atoms with Crippen molar-refractivity contribution in [1.82, 2.24) is 4.90 Å². The van der Waals surface area contributed by atoms with E-state index in [1.807, 2.05) is 30.3 Å². The van der Waals surface area contributed by atoms with E-state index in [9.17, 15) is 15.0 Å². The molecular weight excluding hydrogens is 274 g/mol. The van der Waals surface area contributed by atoms with Crippen LogP contribution < -0.4 is 0 Å². The van der Waals surface area contributed by atoms with E-state index in [0.29, 0.717) is 0 Å². The van der Waals surface area contributed by atoms with Crippen molar-refractivity contribution < 1.29 is 24.5 Å². The van der Waals surface area contributed by atoms with Crippen LogP contribution in [0.25, 0.3) is 0 Å². The molecule has 2 rings (SSSR count). The molecule has 6 heteroatoms. The van der Waals surface area contributed by atoms with Crippen LogP contribution in [-0.2, 0) is 16.0 Å². The summed E-state index contributed by atoms with van der Waals surface area (Å²) in [5, 5.41) is 19.1. The number of rotatable bonds is 5. The summed E-state index contributed by atoms with van der Waals surface area (Å²) in [5.41, 5.74) is 0.858. The quantitative estimate of drug-likeness (QED) is 0.864. The summed E-state index contributed by atoms with van der Waals surface area (Å²) < 4.78 is 11.1.